The summed E-state index contributed by atoms with van der Waals surface area (Å²) in [6.07, 6.45) is -0.0748. The van der Waals surface area contributed by atoms with Gasteiger partial charge in [-0.25, -0.2) is 4.79 Å². The molecule has 1 unspecified atom stereocenters. The maximum absolute atomic E-state index is 12.5. The normalized spacial score (nSPS) is 16.2. The van der Waals surface area contributed by atoms with Gasteiger partial charge in [0, 0.05) is 17.9 Å². The number of benzene rings is 2. The molecule has 3 rings (SSSR count). The molecular weight excluding hydrogens is 308 g/mol. The molecular formula is C18H19N2O4+. The van der Waals surface area contributed by atoms with E-state index in [1.165, 1.54) is 6.07 Å². The van der Waals surface area contributed by atoms with Crippen molar-refractivity contribution in [1.82, 2.24) is 0 Å². The number of carbonyl (C=O) groups excluding carboxylic acids is 1. The lowest BCUT2D eigenvalue weighted by atomic mass is 9.93. The number of carbonyl (C=O) groups is 1. The Balaban J connectivity index is 1.75. The van der Waals surface area contributed by atoms with E-state index >= 15 is 0 Å². The van der Waals surface area contributed by atoms with Crippen molar-refractivity contribution < 1.29 is 19.7 Å². The Labute approximate surface area is 139 Å². The third-order valence-corrected chi connectivity index (χ3v) is 3.92. The Morgan fingerprint density at radius 3 is 2.92 bits per heavy atom. The smallest absolute Gasteiger partial charge is 0.415 e. The number of rotatable bonds is 4. The zero-order chi connectivity index (χ0) is 17.1. The molecule has 2 aromatic carbocycles. The van der Waals surface area contributed by atoms with Crippen LogP contribution < -0.4 is 15.8 Å². The molecule has 1 aliphatic rings. The Morgan fingerprint density at radius 1 is 1.33 bits per heavy atom. The molecule has 0 aliphatic carbocycles. The number of aliphatic hydroxyl groups is 1. The van der Waals surface area contributed by atoms with Crippen LogP contribution in [0.1, 0.15) is 11.1 Å². The maximum atomic E-state index is 12.5. The first-order valence-electron chi connectivity index (χ1n) is 7.68. The Morgan fingerprint density at radius 2 is 2.12 bits per heavy atom. The SMILES string of the molecule is NC1Oc2c(O)cccc2C[C+]1C(=O)Nc1cccc(CCO)c1. The minimum absolute atomic E-state index is 0.0131. The van der Waals surface area contributed by atoms with E-state index in [-0.39, 0.29) is 18.3 Å². The highest BCUT2D eigenvalue weighted by molar-refractivity contribution is 6.02. The number of ether oxygens (including phenoxy) is 1. The summed E-state index contributed by atoms with van der Waals surface area (Å²) in [4.78, 5) is 12.5. The molecule has 0 spiro atoms. The number of hydrogen-bond acceptors (Lipinski definition) is 5. The van der Waals surface area contributed by atoms with Crippen LogP contribution in [0, 0.1) is 5.92 Å². The molecule has 0 aromatic heterocycles. The highest BCUT2D eigenvalue weighted by atomic mass is 16.5. The van der Waals surface area contributed by atoms with E-state index in [1.807, 2.05) is 18.2 Å². The van der Waals surface area contributed by atoms with Crippen LogP contribution in [0.4, 0.5) is 5.69 Å². The van der Waals surface area contributed by atoms with Crippen LogP contribution in [-0.4, -0.2) is 29.0 Å². The second-order valence-electron chi connectivity index (χ2n) is 5.63. The molecule has 0 saturated heterocycles. The van der Waals surface area contributed by atoms with E-state index in [0.29, 0.717) is 30.2 Å². The molecule has 6 heteroatoms. The summed E-state index contributed by atoms with van der Waals surface area (Å²) >= 11 is 0. The van der Waals surface area contributed by atoms with Crippen molar-refractivity contribution in [3.05, 3.63) is 59.5 Å². The molecule has 0 fully saturated rings. The minimum Gasteiger partial charge on any atom is -0.504 e. The molecule has 0 bridgehead atoms. The first-order chi connectivity index (χ1) is 11.6. The van der Waals surface area contributed by atoms with Crippen molar-refractivity contribution in [2.75, 3.05) is 11.9 Å². The first-order valence-corrected chi connectivity index (χ1v) is 7.68. The number of hydrogen-bond donors (Lipinski definition) is 4. The van der Waals surface area contributed by atoms with Crippen molar-refractivity contribution in [2.24, 2.45) is 5.73 Å². The lowest BCUT2D eigenvalue weighted by molar-refractivity contribution is -0.116. The average Bonchev–Trinajstić information content (AvgIpc) is 2.56. The van der Waals surface area contributed by atoms with E-state index in [9.17, 15) is 9.90 Å². The third kappa shape index (κ3) is 3.29. The van der Waals surface area contributed by atoms with Gasteiger partial charge in [-0.2, -0.15) is 0 Å². The van der Waals surface area contributed by atoms with Crippen LogP contribution >= 0.6 is 0 Å². The van der Waals surface area contributed by atoms with Crippen LogP contribution in [0.15, 0.2) is 42.5 Å². The number of phenols is 1. The highest BCUT2D eigenvalue weighted by Crippen LogP contribution is 2.37. The molecule has 1 heterocycles. The van der Waals surface area contributed by atoms with Gasteiger partial charge in [0.25, 0.3) is 5.92 Å². The van der Waals surface area contributed by atoms with Crippen molar-refractivity contribution in [3.8, 4) is 11.5 Å². The van der Waals surface area contributed by atoms with Gasteiger partial charge in [-0.1, -0.05) is 24.3 Å². The van der Waals surface area contributed by atoms with Crippen molar-refractivity contribution in [1.29, 1.82) is 0 Å². The summed E-state index contributed by atoms with van der Waals surface area (Å²) in [5, 5.41) is 21.6. The number of aliphatic hydroxyl groups excluding tert-OH is 1. The summed E-state index contributed by atoms with van der Waals surface area (Å²) in [7, 11) is 0. The van der Waals surface area contributed by atoms with Crippen LogP contribution in [0.25, 0.3) is 0 Å². The number of para-hydroxylation sites is 1. The van der Waals surface area contributed by atoms with E-state index in [4.69, 9.17) is 15.6 Å². The second-order valence-corrected chi connectivity index (χ2v) is 5.63. The standard InChI is InChI=1S/C18H18N2O4/c19-17-14(10-12-4-2-6-15(22)16(12)24-17)18(23)20-13-5-1-3-11(9-13)7-8-21/h1-6,9,17,21H,7-8,10,19H2,(H-,20,22,23)/p+1. The molecule has 5 N–H and O–H groups in total. The van der Waals surface area contributed by atoms with E-state index in [2.05, 4.69) is 5.32 Å². The lowest BCUT2D eigenvalue weighted by Gasteiger charge is -2.22. The maximum Gasteiger partial charge on any atom is 0.415 e. The number of anilines is 1. The van der Waals surface area contributed by atoms with E-state index in [0.717, 1.165) is 11.1 Å². The number of nitrogens with one attached hydrogen (secondary N) is 1. The summed E-state index contributed by atoms with van der Waals surface area (Å²) in [6.45, 7) is 0.0494. The fourth-order valence-electron chi connectivity index (χ4n) is 2.70. The molecule has 1 atom stereocenters. The summed E-state index contributed by atoms with van der Waals surface area (Å²) in [5.41, 5.74) is 8.21. The molecule has 6 nitrogen and oxygen atoms in total. The largest absolute Gasteiger partial charge is 0.504 e. The Bertz CT molecular complexity index is 748. The lowest BCUT2D eigenvalue weighted by Crippen LogP contribution is -2.44. The Kier molecular flexibility index (Phi) is 4.59. The number of amides is 1. The predicted molar refractivity (Wildman–Crippen MR) is 89.5 cm³/mol. The topological polar surface area (TPSA) is 105 Å². The number of phenolic OH excluding ortho intramolecular Hbond substituents is 1. The Hall–Kier alpha value is -2.70. The zero-order valence-corrected chi connectivity index (χ0v) is 13.0. The molecule has 2 aromatic rings. The average molecular weight is 327 g/mol. The second kappa shape index (κ2) is 6.82. The number of fused-ring (bicyclic) bond motifs is 1. The predicted octanol–water partition coefficient (Wildman–Crippen LogP) is 1.36. The van der Waals surface area contributed by atoms with Crippen LogP contribution in [0.2, 0.25) is 0 Å². The molecule has 1 aliphatic heterocycles. The van der Waals surface area contributed by atoms with Gasteiger partial charge in [-0.05, 0) is 30.2 Å². The van der Waals surface area contributed by atoms with Gasteiger partial charge in [0.1, 0.15) is 6.42 Å². The van der Waals surface area contributed by atoms with Gasteiger partial charge in [0.2, 0.25) is 0 Å². The molecule has 24 heavy (non-hydrogen) atoms. The van der Waals surface area contributed by atoms with Crippen molar-refractivity contribution in [2.45, 2.75) is 19.1 Å². The van der Waals surface area contributed by atoms with Gasteiger partial charge in [-0.3, -0.25) is 11.1 Å². The fraction of sp³-hybridized carbons (Fsp3) is 0.222. The number of nitrogens with two attached hydrogens (primary N) is 1. The fourth-order valence-corrected chi connectivity index (χ4v) is 2.70. The third-order valence-electron chi connectivity index (χ3n) is 3.92. The van der Waals surface area contributed by atoms with Gasteiger partial charge in [0.05, 0.1) is 0 Å². The monoisotopic (exact) mass is 327 g/mol. The summed E-state index contributed by atoms with van der Waals surface area (Å²) < 4.78 is 5.49. The van der Waals surface area contributed by atoms with Gasteiger partial charge < -0.3 is 14.9 Å². The molecule has 0 radical (unpaired) electrons. The molecule has 124 valence electrons. The zero-order valence-electron chi connectivity index (χ0n) is 13.0. The van der Waals surface area contributed by atoms with Crippen molar-refractivity contribution in [3.63, 3.8) is 0 Å². The quantitative estimate of drug-likeness (QED) is 0.635. The summed E-state index contributed by atoms with van der Waals surface area (Å²) in [5.74, 6) is 0.406. The van der Waals surface area contributed by atoms with E-state index in [1.54, 1.807) is 18.2 Å². The van der Waals surface area contributed by atoms with E-state index < -0.39 is 6.23 Å². The first kappa shape index (κ1) is 16.2. The van der Waals surface area contributed by atoms with Crippen molar-refractivity contribution >= 4 is 11.6 Å². The van der Waals surface area contributed by atoms with Gasteiger partial charge in [-0.15, -0.1) is 0 Å². The molecule has 1 amide bonds. The summed E-state index contributed by atoms with van der Waals surface area (Å²) in [6, 6.07) is 12.3. The number of aromatic hydroxyl groups is 1. The molecule has 0 saturated carbocycles. The minimum atomic E-state index is -0.911. The van der Waals surface area contributed by atoms with Gasteiger partial charge in [0.15, 0.2) is 11.5 Å². The van der Waals surface area contributed by atoms with Crippen LogP contribution in [0.3, 0.4) is 0 Å². The highest BCUT2D eigenvalue weighted by Gasteiger charge is 2.45. The van der Waals surface area contributed by atoms with Crippen LogP contribution in [0.5, 0.6) is 11.5 Å². The van der Waals surface area contributed by atoms with Gasteiger partial charge >= 0.3 is 12.1 Å². The van der Waals surface area contributed by atoms with Crippen LogP contribution in [-0.2, 0) is 17.6 Å².